The van der Waals surface area contributed by atoms with Gasteiger partial charge in [-0.1, -0.05) is 32.0 Å². The van der Waals surface area contributed by atoms with Gasteiger partial charge in [0.2, 0.25) is 5.91 Å². The van der Waals surface area contributed by atoms with Crippen molar-refractivity contribution in [3.63, 3.8) is 0 Å². The highest BCUT2D eigenvalue weighted by Crippen LogP contribution is 2.26. The van der Waals surface area contributed by atoms with Crippen LogP contribution in [0.25, 0.3) is 17.2 Å². The summed E-state index contributed by atoms with van der Waals surface area (Å²) in [7, 11) is 0. The summed E-state index contributed by atoms with van der Waals surface area (Å²) in [5.41, 5.74) is 7.34. The lowest BCUT2D eigenvalue weighted by atomic mass is 10.0. The highest BCUT2D eigenvalue weighted by atomic mass is 16.1. The van der Waals surface area contributed by atoms with Gasteiger partial charge in [0.15, 0.2) is 5.82 Å². The number of primary amides is 1. The molecule has 3 aromatic rings. The summed E-state index contributed by atoms with van der Waals surface area (Å²) in [5, 5.41) is 4.38. The average molecular weight is 309 g/mol. The van der Waals surface area contributed by atoms with E-state index >= 15 is 0 Å². The zero-order chi connectivity index (χ0) is 16.4. The Bertz CT molecular complexity index is 803. The van der Waals surface area contributed by atoms with E-state index in [0.29, 0.717) is 5.82 Å². The molecule has 23 heavy (non-hydrogen) atoms. The third kappa shape index (κ3) is 2.75. The van der Waals surface area contributed by atoms with Crippen LogP contribution in [0.5, 0.6) is 0 Å². The molecule has 118 valence electrons. The molecule has 6 heteroatoms. The Kier molecular flexibility index (Phi) is 3.97. The van der Waals surface area contributed by atoms with Crippen LogP contribution in [-0.2, 0) is 4.79 Å². The number of aromatic nitrogens is 4. The van der Waals surface area contributed by atoms with Gasteiger partial charge < -0.3 is 10.3 Å². The van der Waals surface area contributed by atoms with Crippen LogP contribution < -0.4 is 5.73 Å². The van der Waals surface area contributed by atoms with Gasteiger partial charge in [0, 0.05) is 12.4 Å². The van der Waals surface area contributed by atoms with Gasteiger partial charge in [-0.15, -0.1) is 0 Å². The molecule has 0 aliphatic rings. The van der Waals surface area contributed by atoms with E-state index in [1.54, 1.807) is 23.3 Å². The summed E-state index contributed by atoms with van der Waals surface area (Å²) >= 11 is 0. The zero-order valence-corrected chi connectivity index (χ0v) is 13.1. The molecule has 3 rings (SSSR count). The molecule has 0 saturated heterocycles. The Morgan fingerprint density at radius 2 is 1.87 bits per heavy atom. The maximum Gasteiger partial charge on any atom is 0.240 e. The predicted molar refractivity (Wildman–Crippen MR) is 87.9 cm³/mol. The molecule has 0 radical (unpaired) electrons. The second-order valence-electron chi connectivity index (χ2n) is 5.71. The summed E-state index contributed by atoms with van der Waals surface area (Å²) in [6, 6.07) is 11.2. The molecule has 0 fully saturated rings. The lowest BCUT2D eigenvalue weighted by molar-refractivity contribution is -0.122. The monoisotopic (exact) mass is 309 g/mol. The van der Waals surface area contributed by atoms with Crippen molar-refractivity contribution in [1.82, 2.24) is 19.3 Å². The quantitative estimate of drug-likeness (QED) is 0.786. The molecule has 2 aromatic heterocycles. The van der Waals surface area contributed by atoms with Gasteiger partial charge in [0.1, 0.15) is 11.7 Å². The lowest BCUT2D eigenvalue weighted by Gasteiger charge is -2.21. The standard InChI is InChI=1S/C17H19N5O/c1-12(2)15(16(18)23)21-11-10-19-17(21)14-8-9-20-22(14)13-6-4-3-5-7-13/h3-12,15H,1-2H3,(H2,18,23)/t15-/m0/s1. The second-order valence-corrected chi connectivity index (χ2v) is 5.71. The average Bonchev–Trinajstić information content (AvgIpc) is 3.15. The number of hydrogen-bond acceptors (Lipinski definition) is 3. The summed E-state index contributed by atoms with van der Waals surface area (Å²) in [5.74, 6) is 0.363. The Hall–Kier alpha value is -2.89. The number of benzene rings is 1. The minimum atomic E-state index is -0.452. The van der Waals surface area contributed by atoms with Gasteiger partial charge in [-0.05, 0) is 24.1 Å². The molecule has 0 unspecified atom stereocenters. The van der Waals surface area contributed by atoms with Crippen molar-refractivity contribution in [2.75, 3.05) is 0 Å². The topological polar surface area (TPSA) is 78.7 Å². The van der Waals surface area contributed by atoms with E-state index in [1.807, 2.05) is 54.8 Å². The molecule has 2 N–H and O–H groups in total. The molecule has 1 atom stereocenters. The van der Waals surface area contributed by atoms with Crippen LogP contribution in [0.1, 0.15) is 19.9 Å². The van der Waals surface area contributed by atoms with E-state index in [1.165, 1.54) is 0 Å². The second kappa shape index (κ2) is 6.08. The van der Waals surface area contributed by atoms with Crippen LogP contribution in [0.15, 0.2) is 55.0 Å². The molecule has 1 aromatic carbocycles. The summed E-state index contributed by atoms with van der Waals surface area (Å²) in [6.07, 6.45) is 5.18. The van der Waals surface area contributed by atoms with E-state index in [-0.39, 0.29) is 11.8 Å². The van der Waals surface area contributed by atoms with Crippen LogP contribution in [0.2, 0.25) is 0 Å². The molecule has 6 nitrogen and oxygen atoms in total. The molecular weight excluding hydrogens is 290 g/mol. The summed E-state index contributed by atoms with van der Waals surface area (Å²) < 4.78 is 3.63. The van der Waals surface area contributed by atoms with Gasteiger partial charge in [0.25, 0.3) is 0 Å². The van der Waals surface area contributed by atoms with Crippen LogP contribution in [0.3, 0.4) is 0 Å². The number of amides is 1. The van der Waals surface area contributed by atoms with Crippen molar-refractivity contribution in [1.29, 1.82) is 0 Å². The minimum Gasteiger partial charge on any atom is -0.368 e. The van der Waals surface area contributed by atoms with Gasteiger partial charge in [0.05, 0.1) is 11.9 Å². The molecule has 0 spiro atoms. The number of rotatable bonds is 5. The van der Waals surface area contributed by atoms with E-state index < -0.39 is 6.04 Å². The van der Waals surface area contributed by atoms with Gasteiger partial charge >= 0.3 is 0 Å². The van der Waals surface area contributed by atoms with Crippen LogP contribution >= 0.6 is 0 Å². The van der Waals surface area contributed by atoms with E-state index in [4.69, 9.17) is 5.73 Å². The van der Waals surface area contributed by atoms with Crippen LogP contribution in [0.4, 0.5) is 0 Å². The molecule has 0 aliphatic heterocycles. The third-order valence-corrected chi connectivity index (χ3v) is 3.76. The Labute approximate surface area is 134 Å². The predicted octanol–water partition coefficient (Wildman–Crippen LogP) is 2.42. The molecule has 0 aliphatic carbocycles. The first-order valence-corrected chi connectivity index (χ1v) is 7.51. The Morgan fingerprint density at radius 3 is 2.52 bits per heavy atom. The third-order valence-electron chi connectivity index (χ3n) is 3.76. The first-order chi connectivity index (χ1) is 11.1. The van der Waals surface area contributed by atoms with Crippen LogP contribution in [0, 0.1) is 5.92 Å². The van der Waals surface area contributed by atoms with Crippen molar-refractivity contribution in [3.05, 3.63) is 55.0 Å². The number of carbonyl (C=O) groups is 1. The Balaban J connectivity index is 2.11. The number of imidazole rings is 1. The largest absolute Gasteiger partial charge is 0.368 e. The lowest BCUT2D eigenvalue weighted by Crippen LogP contribution is -2.30. The van der Waals surface area contributed by atoms with E-state index in [0.717, 1.165) is 11.4 Å². The van der Waals surface area contributed by atoms with Crippen LogP contribution in [-0.4, -0.2) is 25.2 Å². The van der Waals surface area contributed by atoms with Gasteiger partial charge in [-0.25, -0.2) is 9.67 Å². The minimum absolute atomic E-state index is 0.0635. The number of nitrogens with two attached hydrogens (primary N) is 1. The number of carbonyl (C=O) groups excluding carboxylic acids is 1. The maximum atomic E-state index is 11.9. The van der Waals surface area contributed by atoms with Crippen molar-refractivity contribution in [3.8, 4) is 17.2 Å². The van der Waals surface area contributed by atoms with Crippen molar-refractivity contribution < 1.29 is 4.79 Å². The first-order valence-electron chi connectivity index (χ1n) is 7.51. The molecule has 2 heterocycles. The highest BCUT2D eigenvalue weighted by molar-refractivity contribution is 5.79. The zero-order valence-electron chi connectivity index (χ0n) is 13.1. The summed E-state index contributed by atoms with van der Waals surface area (Å²) in [6.45, 7) is 3.93. The fraction of sp³-hybridized carbons (Fsp3) is 0.235. The normalized spacial score (nSPS) is 12.5. The van der Waals surface area contributed by atoms with Crippen molar-refractivity contribution >= 4 is 5.91 Å². The van der Waals surface area contributed by atoms with Gasteiger partial charge in [-0.2, -0.15) is 5.10 Å². The fourth-order valence-corrected chi connectivity index (χ4v) is 2.77. The summed E-state index contributed by atoms with van der Waals surface area (Å²) in [4.78, 5) is 16.3. The maximum absolute atomic E-state index is 11.9. The highest BCUT2D eigenvalue weighted by Gasteiger charge is 2.25. The van der Waals surface area contributed by atoms with E-state index in [2.05, 4.69) is 10.1 Å². The van der Waals surface area contributed by atoms with Gasteiger partial charge in [-0.3, -0.25) is 4.79 Å². The molecular formula is C17H19N5O. The van der Waals surface area contributed by atoms with Crippen molar-refractivity contribution in [2.45, 2.75) is 19.9 Å². The SMILES string of the molecule is CC(C)[C@@H](C(N)=O)n1ccnc1-c1ccnn1-c1ccccc1. The smallest absolute Gasteiger partial charge is 0.240 e. The fourth-order valence-electron chi connectivity index (χ4n) is 2.77. The van der Waals surface area contributed by atoms with E-state index in [9.17, 15) is 4.79 Å². The first kappa shape index (κ1) is 15.0. The number of para-hydroxylation sites is 1. The molecule has 0 bridgehead atoms. The number of hydrogen-bond donors (Lipinski definition) is 1. The Morgan fingerprint density at radius 1 is 1.13 bits per heavy atom. The van der Waals surface area contributed by atoms with Crippen molar-refractivity contribution in [2.24, 2.45) is 11.7 Å². The molecule has 0 saturated carbocycles. The molecule has 1 amide bonds. The number of nitrogens with zero attached hydrogens (tertiary/aromatic N) is 4.